The third-order valence-corrected chi connectivity index (χ3v) is 3.51. The van der Waals surface area contributed by atoms with E-state index < -0.39 is 0 Å². The number of nitrogens with zero attached hydrogens (tertiary/aromatic N) is 1. The van der Waals surface area contributed by atoms with Crippen LogP contribution in [0, 0.1) is 17.0 Å². The molecule has 0 saturated heterocycles. The predicted molar refractivity (Wildman–Crippen MR) is 71.3 cm³/mol. The molecule has 17 heavy (non-hydrogen) atoms. The summed E-state index contributed by atoms with van der Waals surface area (Å²) in [5.74, 6) is 0. The van der Waals surface area contributed by atoms with Gasteiger partial charge in [-0.25, -0.2) is 0 Å². The Morgan fingerprint density at radius 3 is 2.65 bits per heavy atom. The van der Waals surface area contributed by atoms with Gasteiger partial charge < -0.3 is 5.32 Å². The lowest BCUT2D eigenvalue weighted by molar-refractivity contribution is -0.385. The lowest BCUT2D eigenvalue weighted by Gasteiger charge is -2.15. The first kappa shape index (κ1) is 12.1. The van der Waals surface area contributed by atoms with Crippen LogP contribution in [0.4, 0.5) is 11.4 Å². The van der Waals surface area contributed by atoms with Crippen molar-refractivity contribution in [2.24, 2.45) is 0 Å². The van der Waals surface area contributed by atoms with Crippen LogP contribution >= 0.6 is 15.9 Å². The third kappa shape index (κ3) is 2.66. The van der Waals surface area contributed by atoms with Gasteiger partial charge in [0.2, 0.25) is 0 Å². The molecule has 0 amide bonds. The van der Waals surface area contributed by atoms with Crippen molar-refractivity contribution < 1.29 is 4.92 Å². The summed E-state index contributed by atoms with van der Waals surface area (Å²) < 4.78 is 0.738. The first-order valence-electron chi connectivity index (χ1n) is 5.44. The summed E-state index contributed by atoms with van der Waals surface area (Å²) in [5, 5.41) is 14.2. The van der Waals surface area contributed by atoms with Crippen LogP contribution in [0.1, 0.15) is 18.4 Å². The van der Waals surface area contributed by atoms with Crippen LogP contribution in [-0.4, -0.2) is 11.0 Å². The van der Waals surface area contributed by atoms with Crippen LogP contribution in [0.15, 0.2) is 28.8 Å². The minimum atomic E-state index is -0.360. The summed E-state index contributed by atoms with van der Waals surface area (Å²) >= 11 is 3.37. The molecule has 0 bridgehead atoms. The fraction of sp³-hybridized carbons (Fsp3) is 0.333. The molecule has 1 aliphatic carbocycles. The Morgan fingerprint density at radius 2 is 2.06 bits per heavy atom. The molecule has 0 radical (unpaired) electrons. The molecule has 0 unspecified atom stereocenters. The number of benzene rings is 1. The minimum Gasteiger partial charge on any atom is -0.381 e. The second-order valence-corrected chi connectivity index (χ2v) is 5.01. The third-order valence-electron chi connectivity index (χ3n) is 2.85. The molecule has 0 atom stereocenters. The van der Waals surface area contributed by atoms with Crippen LogP contribution in [0.3, 0.4) is 0 Å². The van der Waals surface area contributed by atoms with E-state index in [0.29, 0.717) is 11.6 Å². The number of nitro benzene ring substituents is 1. The van der Waals surface area contributed by atoms with Gasteiger partial charge in [-0.15, -0.1) is 0 Å². The number of nitrogens with one attached hydrogen (secondary N) is 1. The molecule has 0 aromatic heterocycles. The van der Waals surface area contributed by atoms with Crippen molar-refractivity contribution in [2.45, 2.75) is 25.8 Å². The Bertz CT molecular complexity index is 478. The Morgan fingerprint density at radius 1 is 1.41 bits per heavy atom. The fourth-order valence-corrected chi connectivity index (χ4v) is 2.38. The van der Waals surface area contributed by atoms with Gasteiger partial charge in [-0.1, -0.05) is 12.2 Å². The molecule has 0 spiro atoms. The standard InChI is InChI=1S/C12H13BrN2O2/c1-8-6-11(14-9-4-2-3-5-9)10(13)7-12(8)15(16)17/h2-3,6-7,9,14H,4-5H2,1H3. The fourth-order valence-electron chi connectivity index (χ4n) is 1.93. The van der Waals surface area contributed by atoms with Gasteiger partial charge >= 0.3 is 0 Å². The molecule has 0 fully saturated rings. The van der Waals surface area contributed by atoms with Gasteiger partial charge in [0.1, 0.15) is 0 Å². The second kappa shape index (κ2) is 4.87. The molecule has 1 aliphatic rings. The normalized spacial score (nSPS) is 15.2. The number of aryl methyl sites for hydroxylation is 1. The highest BCUT2D eigenvalue weighted by atomic mass is 79.9. The highest BCUT2D eigenvalue weighted by Gasteiger charge is 2.16. The van der Waals surface area contributed by atoms with Crippen molar-refractivity contribution >= 4 is 27.3 Å². The minimum absolute atomic E-state index is 0.145. The molecule has 4 nitrogen and oxygen atoms in total. The van der Waals surface area contributed by atoms with E-state index in [2.05, 4.69) is 33.4 Å². The van der Waals surface area contributed by atoms with Crippen molar-refractivity contribution in [1.29, 1.82) is 0 Å². The highest BCUT2D eigenvalue weighted by Crippen LogP contribution is 2.32. The van der Waals surface area contributed by atoms with E-state index in [0.717, 1.165) is 23.0 Å². The molecule has 0 aliphatic heterocycles. The molecule has 5 heteroatoms. The Labute approximate surface area is 108 Å². The highest BCUT2D eigenvalue weighted by molar-refractivity contribution is 9.10. The van der Waals surface area contributed by atoms with E-state index in [-0.39, 0.29) is 10.6 Å². The van der Waals surface area contributed by atoms with Gasteiger partial charge in [0, 0.05) is 27.8 Å². The molecule has 2 rings (SSSR count). The van der Waals surface area contributed by atoms with E-state index >= 15 is 0 Å². The van der Waals surface area contributed by atoms with Crippen molar-refractivity contribution in [3.05, 3.63) is 44.4 Å². The van der Waals surface area contributed by atoms with E-state index in [1.807, 2.05) is 6.07 Å². The number of rotatable bonds is 3. The molecular weight excluding hydrogens is 284 g/mol. The monoisotopic (exact) mass is 296 g/mol. The zero-order valence-corrected chi connectivity index (χ0v) is 11.0. The van der Waals surface area contributed by atoms with E-state index in [1.165, 1.54) is 0 Å². The van der Waals surface area contributed by atoms with Crippen LogP contribution < -0.4 is 5.32 Å². The lowest BCUT2D eigenvalue weighted by atomic mass is 10.1. The van der Waals surface area contributed by atoms with Gasteiger partial charge in [0.05, 0.1) is 4.92 Å². The number of hydrogen-bond acceptors (Lipinski definition) is 3. The van der Waals surface area contributed by atoms with Crippen LogP contribution in [0.25, 0.3) is 0 Å². The molecular formula is C12H13BrN2O2. The van der Waals surface area contributed by atoms with Gasteiger partial charge in [-0.2, -0.15) is 0 Å². The summed E-state index contributed by atoms with van der Waals surface area (Å²) in [6, 6.07) is 3.77. The molecule has 1 aromatic rings. The van der Waals surface area contributed by atoms with Crippen molar-refractivity contribution in [1.82, 2.24) is 0 Å². The van der Waals surface area contributed by atoms with Gasteiger partial charge in [0.15, 0.2) is 0 Å². The molecule has 1 N–H and O–H groups in total. The maximum atomic E-state index is 10.8. The first-order valence-corrected chi connectivity index (χ1v) is 6.23. The molecule has 1 aromatic carbocycles. The zero-order valence-electron chi connectivity index (χ0n) is 9.44. The van der Waals surface area contributed by atoms with Crippen LogP contribution in [0.2, 0.25) is 0 Å². The van der Waals surface area contributed by atoms with Crippen molar-refractivity contribution in [3.63, 3.8) is 0 Å². The zero-order chi connectivity index (χ0) is 12.4. The number of hydrogen-bond donors (Lipinski definition) is 1. The lowest BCUT2D eigenvalue weighted by Crippen LogP contribution is -2.15. The largest absolute Gasteiger partial charge is 0.381 e. The number of anilines is 1. The van der Waals surface area contributed by atoms with E-state index in [1.54, 1.807) is 13.0 Å². The average molecular weight is 297 g/mol. The topological polar surface area (TPSA) is 55.2 Å². The van der Waals surface area contributed by atoms with Crippen molar-refractivity contribution in [2.75, 3.05) is 5.32 Å². The van der Waals surface area contributed by atoms with Crippen LogP contribution in [0.5, 0.6) is 0 Å². The Balaban J connectivity index is 2.23. The van der Waals surface area contributed by atoms with Gasteiger partial charge in [-0.3, -0.25) is 10.1 Å². The molecule has 0 heterocycles. The summed E-state index contributed by atoms with van der Waals surface area (Å²) in [4.78, 5) is 10.4. The second-order valence-electron chi connectivity index (χ2n) is 4.16. The Hall–Kier alpha value is -1.36. The maximum absolute atomic E-state index is 10.8. The summed E-state index contributed by atoms with van der Waals surface area (Å²) in [7, 11) is 0. The van der Waals surface area contributed by atoms with Crippen LogP contribution in [-0.2, 0) is 0 Å². The van der Waals surface area contributed by atoms with Crippen molar-refractivity contribution in [3.8, 4) is 0 Å². The smallest absolute Gasteiger partial charge is 0.273 e. The average Bonchev–Trinajstić information content (AvgIpc) is 2.75. The van der Waals surface area contributed by atoms with Gasteiger partial charge in [-0.05, 0) is 41.8 Å². The molecule has 90 valence electrons. The SMILES string of the molecule is Cc1cc(NC2CC=CC2)c(Br)cc1[N+](=O)[O-]. The Kier molecular flexibility index (Phi) is 3.47. The summed E-state index contributed by atoms with van der Waals surface area (Å²) in [5.41, 5.74) is 1.74. The van der Waals surface area contributed by atoms with E-state index in [4.69, 9.17) is 0 Å². The maximum Gasteiger partial charge on any atom is 0.273 e. The number of nitro groups is 1. The van der Waals surface area contributed by atoms with E-state index in [9.17, 15) is 10.1 Å². The molecule has 0 saturated carbocycles. The summed E-state index contributed by atoms with van der Waals surface area (Å²) in [6.45, 7) is 1.75. The predicted octanol–water partition coefficient (Wildman–Crippen LogP) is 3.80. The number of halogens is 1. The first-order chi connectivity index (χ1) is 8.08. The summed E-state index contributed by atoms with van der Waals surface area (Å²) in [6.07, 6.45) is 6.29. The van der Waals surface area contributed by atoms with Gasteiger partial charge in [0.25, 0.3) is 5.69 Å². The quantitative estimate of drug-likeness (QED) is 0.524.